The van der Waals surface area contributed by atoms with Crippen molar-refractivity contribution in [2.75, 3.05) is 19.6 Å². The minimum atomic E-state index is 0.426. The fourth-order valence-electron chi connectivity index (χ4n) is 3.57. The Bertz CT molecular complexity index is 231. The summed E-state index contributed by atoms with van der Waals surface area (Å²) in [7, 11) is 0. The van der Waals surface area contributed by atoms with Crippen LogP contribution in [-0.4, -0.2) is 48.8 Å². The predicted molar refractivity (Wildman–Crippen MR) is 75.9 cm³/mol. The molecule has 2 saturated heterocycles. The van der Waals surface area contributed by atoms with Gasteiger partial charge in [-0.15, -0.1) is 0 Å². The molecule has 2 aliphatic rings. The molecule has 0 aromatic heterocycles. The van der Waals surface area contributed by atoms with Crippen molar-refractivity contribution in [3.63, 3.8) is 0 Å². The lowest BCUT2D eigenvalue weighted by atomic mass is 9.97. The van der Waals surface area contributed by atoms with Gasteiger partial charge in [-0.1, -0.05) is 6.92 Å². The molecule has 2 aliphatic heterocycles. The monoisotopic (exact) mass is 254 g/mol. The molecule has 0 aromatic rings. The number of rotatable bonds is 5. The Morgan fingerprint density at radius 2 is 1.94 bits per heavy atom. The van der Waals surface area contributed by atoms with E-state index in [4.69, 9.17) is 4.74 Å². The maximum absolute atomic E-state index is 5.87. The number of hydrogen-bond acceptors (Lipinski definition) is 3. The molecular formula is C15H30N2O. The van der Waals surface area contributed by atoms with E-state index in [1.165, 1.54) is 51.7 Å². The molecule has 3 unspecified atom stereocenters. The molecule has 18 heavy (non-hydrogen) atoms. The minimum absolute atomic E-state index is 0.426. The van der Waals surface area contributed by atoms with Gasteiger partial charge in [0.05, 0.1) is 12.2 Å². The average Bonchev–Trinajstić information content (AvgIpc) is 2.80. The first-order valence-corrected chi connectivity index (χ1v) is 7.82. The van der Waals surface area contributed by atoms with Gasteiger partial charge in [0.2, 0.25) is 0 Å². The van der Waals surface area contributed by atoms with Crippen molar-refractivity contribution in [3.05, 3.63) is 0 Å². The third-order valence-electron chi connectivity index (χ3n) is 4.32. The molecule has 2 rings (SSSR count). The van der Waals surface area contributed by atoms with Crippen molar-refractivity contribution in [1.82, 2.24) is 10.2 Å². The molecule has 106 valence electrons. The summed E-state index contributed by atoms with van der Waals surface area (Å²) in [6, 6.07) is 1.45. The molecule has 3 atom stereocenters. The van der Waals surface area contributed by atoms with E-state index < -0.39 is 0 Å². The Morgan fingerprint density at radius 3 is 2.50 bits per heavy atom. The molecule has 2 heterocycles. The van der Waals surface area contributed by atoms with Gasteiger partial charge in [-0.2, -0.15) is 0 Å². The van der Waals surface area contributed by atoms with Crippen molar-refractivity contribution in [1.29, 1.82) is 0 Å². The second kappa shape index (κ2) is 6.88. The van der Waals surface area contributed by atoms with Crippen molar-refractivity contribution >= 4 is 0 Å². The molecule has 1 N–H and O–H groups in total. The van der Waals surface area contributed by atoms with E-state index in [1.807, 2.05) is 0 Å². The highest BCUT2D eigenvalue weighted by molar-refractivity contribution is 4.85. The van der Waals surface area contributed by atoms with Crippen molar-refractivity contribution in [2.24, 2.45) is 0 Å². The van der Waals surface area contributed by atoms with Crippen LogP contribution in [0.15, 0.2) is 0 Å². The minimum Gasteiger partial charge on any atom is -0.375 e. The van der Waals surface area contributed by atoms with Crippen LogP contribution in [0, 0.1) is 0 Å². The van der Waals surface area contributed by atoms with Gasteiger partial charge < -0.3 is 10.1 Å². The largest absolute Gasteiger partial charge is 0.375 e. The summed E-state index contributed by atoms with van der Waals surface area (Å²) < 4.78 is 5.87. The van der Waals surface area contributed by atoms with Gasteiger partial charge in [0.1, 0.15) is 0 Å². The first kappa shape index (κ1) is 14.3. The number of nitrogens with one attached hydrogen (secondary N) is 1. The predicted octanol–water partition coefficient (Wildman–Crippen LogP) is 2.41. The van der Waals surface area contributed by atoms with Gasteiger partial charge >= 0.3 is 0 Å². The molecule has 0 aliphatic carbocycles. The van der Waals surface area contributed by atoms with E-state index in [0.717, 1.165) is 12.1 Å². The smallest absolute Gasteiger partial charge is 0.0565 e. The van der Waals surface area contributed by atoms with E-state index in [1.54, 1.807) is 0 Å². The Labute approximate surface area is 112 Å². The van der Waals surface area contributed by atoms with E-state index in [9.17, 15) is 0 Å². The highest BCUT2D eigenvalue weighted by atomic mass is 16.5. The Hall–Kier alpha value is -0.120. The molecule has 3 nitrogen and oxygen atoms in total. The summed E-state index contributed by atoms with van der Waals surface area (Å²) in [6.45, 7) is 10.4. The lowest BCUT2D eigenvalue weighted by Crippen LogP contribution is -2.48. The number of nitrogens with zero attached hydrogens (tertiary/aromatic N) is 1. The highest BCUT2D eigenvalue weighted by Crippen LogP contribution is 2.24. The van der Waals surface area contributed by atoms with Gasteiger partial charge in [-0.3, -0.25) is 4.90 Å². The van der Waals surface area contributed by atoms with Gasteiger partial charge in [0.25, 0.3) is 0 Å². The molecule has 0 saturated carbocycles. The van der Waals surface area contributed by atoms with Crippen LogP contribution in [0.5, 0.6) is 0 Å². The van der Waals surface area contributed by atoms with Crippen LogP contribution in [0.2, 0.25) is 0 Å². The zero-order valence-corrected chi connectivity index (χ0v) is 12.3. The summed E-state index contributed by atoms with van der Waals surface area (Å²) in [5.41, 5.74) is 0. The van der Waals surface area contributed by atoms with Crippen LogP contribution in [0.1, 0.15) is 52.9 Å². The molecular weight excluding hydrogens is 224 g/mol. The topological polar surface area (TPSA) is 24.5 Å². The van der Waals surface area contributed by atoms with Crippen molar-refractivity contribution < 1.29 is 4.74 Å². The quantitative estimate of drug-likeness (QED) is 0.815. The van der Waals surface area contributed by atoms with Crippen LogP contribution in [0.4, 0.5) is 0 Å². The number of ether oxygens (including phenoxy) is 1. The lowest BCUT2D eigenvalue weighted by molar-refractivity contribution is -0.0661. The molecule has 0 amide bonds. The first-order chi connectivity index (χ1) is 8.69. The maximum Gasteiger partial charge on any atom is 0.0565 e. The van der Waals surface area contributed by atoms with Crippen LogP contribution in [0.3, 0.4) is 0 Å². The maximum atomic E-state index is 5.87. The third-order valence-corrected chi connectivity index (χ3v) is 4.32. The third kappa shape index (κ3) is 3.94. The number of hydrogen-bond donors (Lipinski definition) is 1. The second-order valence-corrected chi connectivity index (χ2v) is 6.17. The standard InChI is InChI=1S/C15H30N2O/c1-4-8-17(11-14-6-5-7-16-14)15-9-12(2)18-13(3)10-15/h12-16H,4-11H2,1-3H3. The molecule has 2 fully saturated rings. The molecule has 0 bridgehead atoms. The van der Waals surface area contributed by atoms with Gasteiger partial charge in [-0.05, 0) is 59.0 Å². The van der Waals surface area contributed by atoms with Crippen molar-refractivity contribution in [2.45, 2.75) is 77.2 Å². The summed E-state index contributed by atoms with van der Waals surface area (Å²) >= 11 is 0. The van der Waals surface area contributed by atoms with Crippen LogP contribution in [0.25, 0.3) is 0 Å². The van der Waals surface area contributed by atoms with E-state index in [-0.39, 0.29) is 0 Å². The zero-order chi connectivity index (χ0) is 13.0. The van der Waals surface area contributed by atoms with Crippen LogP contribution in [-0.2, 0) is 4.74 Å². The van der Waals surface area contributed by atoms with Crippen LogP contribution < -0.4 is 5.32 Å². The van der Waals surface area contributed by atoms with E-state index >= 15 is 0 Å². The van der Waals surface area contributed by atoms with Gasteiger partial charge in [0, 0.05) is 18.6 Å². The van der Waals surface area contributed by atoms with E-state index in [0.29, 0.717) is 12.2 Å². The Balaban J connectivity index is 1.90. The molecule has 3 heteroatoms. The average molecular weight is 254 g/mol. The molecule has 0 aromatic carbocycles. The lowest BCUT2D eigenvalue weighted by Gasteiger charge is -2.40. The SMILES string of the molecule is CCCN(CC1CCCN1)C1CC(C)OC(C)C1. The van der Waals surface area contributed by atoms with E-state index in [2.05, 4.69) is 31.0 Å². The zero-order valence-electron chi connectivity index (χ0n) is 12.3. The Morgan fingerprint density at radius 1 is 1.22 bits per heavy atom. The van der Waals surface area contributed by atoms with Gasteiger partial charge in [0.15, 0.2) is 0 Å². The molecule has 0 spiro atoms. The van der Waals surface area contributed by atoms with Crippen molar-refractivity contribution in [3.8, 4) is 0 Å². The summed E-state index contributed by atoms with van der Waals surface area (Å²) in [5.74, 6) is 0. The normalized spacial score (nSPS) is 37.3. The van der Waals surface area contributed by atoms with Gasteiger partial charge in [-0.25, -0.2) is 0 Å². The summed E-state index contributed by atoms with van der Waals surface area (Å²) in [4.78, 5) is 2.72. The molecule has 0 radical (unpaired) electrons. The van der Waals surface area contributed by atoms with Crippen LogP contribution >= 0.6 is 0 Å². The summed E-state index contributed by atoms with van der Waals surface area (Å²) in [6.07, 6.45) is 7.23. The Kier molecular flexibility index (Phi) is 5.46. The fourth-order valence-corrected chi connectivity index (χ4v) is 3.57. The first-order valence-electron chi connectivity index (χ1n) is 7.82. The highest BCUT2D eigenvalue weighted by Gasteiger charge is 2.30. The fraction of sp³-hybridized carbons (Fsp3) is 1.00. The summed E-state index contributed by atoms with van der Waals surface area (Å²) in [5, 5.41) is 3.63. The second-order valence-electron chi connectivity index (χ2n) is 6.17.